The van der Waals surface area contributed by atoms with Gasteiger partial charge in [0.25, 0.3) is 0 Å². The van der Waals surface area contributed by atoms with Crippen LogP contribution in [-0.4, -0.2) is 44.2 Å². The number of aryl methyl sites for hydroxylation is 1. The van der Waals surface area contributed by atoms with Crippen LogP contribution in [0.5, 0.6) is 0 Å². The second-order valence-electron chi connectivity index (χ2n) is 6.69. The zero-order valence-corrected chi connectivity index (χ0v) is 16.3. The lowest BCUT2D eigenvalue weighted by molar-refractivity contribution is -0.147. The Kier molecular flexibility index (Phi) is 5.84. The number of hydrogen-bond acceptors (Lipinski definition) is 4. The molecule has 1 unspecified atom stereocenters. The number of benzene rings is 2. The van der Waals surface area contributed by atoms with Gasteiger partial charge in [0.05, 0.1) is 7.11 Å². The molecule has 0 aromatic heterocycles. The van der Waals surface area contributed by atoms with Crippen LogP contribution in [0.15, 0.2) is 42.5 Å². The molecule has 138 valence electrons. The van der Waals surface area contributed by atoms with Gasteiger partial charge in [-0.25, -0.2) is 4.79 Å². The molecule has 26 heavy (non-hydrogen) atoms. The molecule has 0 aliphatic carbocycles. The zero-order valence-electron chi connectivity index (χ0n) is 15.5. The Labute approximate surface area is 160 Å². The summed E-state index contributed by atoms with van der Waals surface area (Å²) in [5, 5.41) is 0.597. The Morgan fingerprint density at radius 1 is 1.04 bits per heavy atom. The van der Waals surface area contributed by atoms with E-state index in [1.54, 1.807) is 0 Å². The summed E-state index contributed by atoms with van der Waals surface area (Å²) in [6.07, 6.45) is 0. The van der Waals surface area contributed by atoms with E-state index in [4.69, 9.17) is 16.3 Å². The Bertz CT molecular complexity index is 785. The number of ether oxygens (including phenoxy) is 1. The summed E-state index contributed by atoms with van der Waals surface area (Å²) >= 11 is 6.36. The molecule has 2 aromatic rings. The van der Waals surface area contributed by atoms with Crippen LogP contribution in [0.4, 0.5) is 5.69 Å². The van der Waals surface area contributed by atoms with Gasteiger partial charge in [-0.15, -0.1) is 0 Å². The summed E-state index contributed by atoms with van der Waals surface area (Å²) in [4.78, 5) is 17.0. The Balaban J connectivity index is 1.79. The first-order valence-corrected chi connectivity index (χ1v) is 9.28. The SMILES string of the molecule is COC(=O)C(c1ccccc1Cl)N1CCN(c2cccc(C)c2C)CC1. The number of esters is 1. The van der Waals surface area contributed by atoms with Crippen LogP contribution in [0, 0.1) is 13.8 Å². The maximum absolute atomic E-state index is 12.5. The molecule has 3 rings (SSSR count). The molecular formula is C21H25ClN2O2. The molecule has 1 atom stereocenters. The highest BCUT2D eigenvalue weighted by atomic mass is 35.5. The van der Waals surface area contributed by atoms with Gasteiger partial charge in [0, 0.05) is 36.9 Å². The third-order valence-corrected chi connectivity index (χ3v) is 5.56. The van der Waals surface area contributed by atoms with E-state index >= 15 is 0 Å². The summed E-state index contributed by atoms with van der Waals surface area (Å²) in [6, 6.07) is 13.5. The highest BCUT2D eigenvalue weighted by Crippen LogP contribution is 2.31. The first-order valence-electron chi connectivity index (χ1n) is 8.90. The van der Waals surface area contributed by atoms with Crippen molar-refractivity contribution < 1.29 is 9.53 Å². The third-order valence-electron chi connectivity index (χ3n) is 5.22. The number of methoxy groups -OCH3 is 1. The lowest BCUT2D eigenvalue weighted by Gasteiger charge is -2.40. The van der Waals surface area contributed by atoms with Crippen molar-refractivity contribution in [2.75, 3.05) is 38.2 Å². The van der Waals surface area contributed by atoms with Crippen LogP contribution in [0.1, 0.15) is 22.7 Å². The smallest absolute Gasteiger partial charge is 0.327 e. The topological polar surface area (TPSA) is 32.8 Å². The Morgan fingerprint density at radius 2 is 1.73 bits per heavy atom. The monoisotopic (exact) mass is 372 g/mol. The van der Waals surface area contributed by atoms with Gasteiger partial charge in [-0.2, -0.15) is 0 Å². The molecule has 5 heteroatoms. The van der Waals surface area contributed by atoms with Gasteiger partial charge in [0.1, 0.15) is 6.04 Å². The van der Waals surface area contributed by atoms with Crippen molar-refractivity contribution in [2.45, 2.75) is 19.9 Å². The van der Waals surface area contributed by atoms with E-state index in [1.807, 2.05) is 24.3 Å². The van der Waals surface area contributed by atoms with E-state index < -0.39 is 6.04 Å². The summed E-state index contributed by atoms with van der Waals surface area (Å²) in [7, 11) is 1.43. The van der Waals surface area contributed by atoms with Gasteiger partial charge in [-0.1, -0.05) is 41.9 Å². The average Bonchev–Trinajstić information content (AvgIpc) is 2.66. The van der Waals surface area contributed by atoms with E-state index in [2.05, 4.69) is 41.8 Å². The number of piperazine rings is 1. The summed E-state index contributed by atoms with van der Waals surface area (Å²) in [5.41, 5.74) is 4.70. The van der Waals surface area contributed by atoms with Crippen LogP contribution in [0.25, 0.3) is 0 Å². The Hall–Kier alpha value is -2.04. The highest BCUT2D eigenvalue weighted by Gasteiger charge is 2.32. The number of rotatable bonds is 4. The van der Waals surface area contributed by atoms with Crippen LogP contribution in [0.3, 0.4) is 0 Å². The van der Waals surface area contributed by atoms with Gasteiger partial charge in [-0.3, -0.25) is 4.90 Å². The van der Waals surface area contributed by atoms with Gasteiger partial charge in [-0.05, 0) is 42.7 Å². The highest BCUT2D eigenvalue weighted by molar-refractivity contribution is 6.31. The molecule has 1 saturated heterocycles. The van der Waals surface area contributed by atoms with Gasteiger partial charge in [0.2, 0.25) is 0 Å². The normalized spacial score (nSPS) is 16.4. The molecule has 0 bridgehead atoms. The van der Waals surface area contributed by atoms with Gasteiger partial charge >= 0.3 is 5.97 Å². The lowest BCUT2D eigenvalue weighted by atomic mass is 10.0. The quantitative estimate of drug-likeness (QED) is 0.759. The number of nitrogens with zero attached hydrogens (tertiary/aromatic N) is 2. The first-order chi connectivity index (χ1) is 12.5. The number of carbonyl (C=O) groups is 1. The van der Waals surface area contributed by atoms with Crippen LogP contribution >= 0.6 is 11.6 Å². The molecule has 0 saturated carbocycles. The second kappa shape index (κ2) is 8.11. The fourth-order valence-corrected chi connectivity index (χ4v) is 3.82. The van der Waals surface area contributed by atoms with Crippen LogP contribution in [0.2, 0.25) is 5.02 Å². The molecule has 0 amide bonds. The van der Waals surface area contributed by atoms with Gasteiger partial charge in [0.15, 0.2) is 0 Å². The minimum Gasteiger partial charge on any atom is -0.468 e. The van der Waals surface area contributed by atoms with E-state index in [-0.39, 0.29) is 5.97 Å². The number of anilines is 1. The molecule has 1 fully saturated rings. The number of hydrogen-bond donors (Lipinski definition) is 0. The molecular weight excluding hydrogens is 348 g/mol. The second-order valence-corrected chi connectivity index (χ2v) is 7.10. The summed E-state index contributed by atoms with van der Waals surface area (Å²) < 4.78 is 5.07. The van der Waals surface area contributed by atoms with Crippen molar-refractivity contribution in [2.24, 2.45) is 0 Å². The fraction of sp³-hybridized carbons (Fsp3) is 0.381. The minimum atomic E-state index is -0.463. The molecule has 2 aromatic carbocycles. The summed E-state index contributed by atoms with van der Waals surface area (Å²) in [6.45, 7) is 7.58. The molecule has 1 heterocycles. The van der Waals surface area contributed by atoms with Gasteiger partial charge < -0.3 is 9.64 Å². The van der Waals surface area contributed by atoms with Crippen LogP contribution < -0.4 is 4.90 Å². The van der Waals surface area contributed by atoms with Crippen molar-refractivity contribution in [3.63, 3.8) is 0 Å². The Morgan fingerprint density at radius 3 is 2.38 bits per heavy atom. The molecule has 4 nitrogen and oxygen atoms in total. The fourth-order valence-electron chi connectivity index (χ4n) is 3.58. The van der Waals surface area contributed by atoms with Crippen LogP contribution in [-0.2, 0) is 9.53 Å². The third kappa shape index (κ3) is 3.71. The molecule has 1 aliphatic rings. The van der Waals surface area contributed by atoms with Crippen molar-refractivity contribution in [3.05, 3.63) is 64.2 Å². The zero-order chi connectivity index (χ0) is 18.7. The molecule has 0 N–H and O–H groups in total. The predicted molar refractivity (Wildman–Crippen MR) is 106 cm³/mol. The van der Waals surface area contributed by atoms with E-state index in [9.17, 15) is 4.79 Å². The molecule has 0 spiro atoms. The number of carbonyl (C=O) groups excluding carboxylic acids is 1. The minimum absolute atomic E-state index is 0.265. The standard InChI is InChI=1S/C21H25ClN2O2/c1-15-7-6-10-19(16(15)2)23-11-13-24(14-12-23)20(21(25)26-3)17-8-4-5-9-18(17)22/h4-10,20H,11-14H2,1-3H3. The van der Waals surface area contributed by atoms with Crippen molar-refractivity contribution >= 4 is 23.3 Å². The summed E-state index contributed by atoms with van der Waals surface area (Å²) in [5.74, 6) is -0.265. The van der Waals surface area contributed by atoms with Crippen molar-refractivity contribution in [1.82, 2.24) is 4.90 Å². The van der Waals surface area contributed by atoms with E-state index in [0.717, 1.165) is 31.7 Å². The van der Waals surface area contributed by atoms with Crippen molar-refractivity contribution in [1.29, 1.82) is 0 Å². The van der Waals surface area contributed by atoms with Crippen molar-refractivity contribution in [3.8, 4) is 0 Å². The molecule has 1 aliphatic heterocycles. The van der Waals surface area contributed by atoms with E-state index in [1.165, 1.54) is 23.9 Å². The largest absolute Gasteiger partial charge is 0.468 e. The lowest BCUT2D eigenvalue weighted by Crippen LogP contribution is -2.49. The molecule has 0 radical (unpaired) electrons. The van der Waals surface area contributed by atoms with E-state index in [0.29, 0.717) is 5.02 Å². The predicted octanol–water partition coefficient (Wildman–Crippen LogP) is 3.99. The maximum Gasteiger partial charge on any atom is 0.327 e. The average molecular weight is 373 g/mol. The maximum atomic E-state index is 12.5. The first kappa shape index (κ1) is 18.7. The number of halogens is 1.